The van der Waals surface area contributed by atoms with Crippen molar-refractivity contribution < 1.29 is 9.32 Å². The van der Waals surface area contributed by atoms with Crippen molar-refractivity contribution in [2.24, 2.45) is 0 Å². The number of carbonyl (C=O) groups excluding carboxylic acids is 1. The van der Waals surface area contributed by atoms with Crippen LogP contribution in [0.15, 0.2) is 23.1 Å². The molecule has 7 nitrogen and oxygen atoms in total. The summed E-state index contributed by atoms with van der Waals surface area (Å²) in [5.74, 6) is 0.654. The van der Waals surface area contributed by atoms with Crippen LogP contribution in [0.3, 0.4) is 0 Å². The molecule has 1 amide bonds. The van der Waals surface area contributed by atoms with E-state index in [0.717, 1.165) is 28.2 Å². The standard InChI is InChI=1S/C19H23N5O2/c1-12-16(13(2)26-22-12)10-23(3)19(25)14-8-17-18(20-9-14)24(11-21-17)15-6-4-5-7-15/h8-9,11,15H,4-7,10H2,1-3H3. The second-order valence-corrected chi connectivity index (χ2v) is 7.12. The van der Waals surface area contributed by atoms with Crippen LogP contribution in [0.5, 0.6) is 0 Å². The molecule has 0 aromatic carbocycles. The number of amides is 1. The van der Waals surface area contributed by atoms with Crippen LogP contribution in [0.4, 0.5) is 0 Å². The number of nitrogens with zero attached hydrogens (tertiary/aromatic N) is 5. The number of rotatable bonds is 4. The van der Waals surface area contributed by atoms with Gasteiger partial charge >= 0.3 is 0 Å². The van der Waals surface area contributed by atoms with Gasteiger partial charge in [0.25, 0.3) is 5.91 Å². The van der Waals surface area contributed by atoms with E-state index < -0.39 is 0 Å². The monoisotopic (exact) mass is 353 g/mol. The highest BCUT2D eigenvalue weighted by molar-refractivity contribution is 5.96. The minimum Gasteiger partial charge on any atom is -0.361 e. The molecule has 1 aliphatic rings. The fourth-order valence-corrected chi connectivity index (χ4v) is 3.74. The predicted octanol–water partition coefficient (Wildman–Crippen LogP) is 3.42. The Bertz CT molecular complexity index is 933. The Labute approximate surface area is 152 Å². The van der Waals surface area contributed by atoms with E-state index in [-0.39, 0.29) is 5.91 Å². The Morgan fingerprint density at radius 1 is 1.31 bits per heavy atom. The predicted molar refractivity (Wildman–Crippen MR) is 96.8 cm³/mol. The van der Waals surface area contributed by atoms with Crippen LogP contribution in [-0.2, 0) is 6.54 Å². The van der Waals surface area contributed by atoms with Gasteiger partial charge in [-0.1, -0.05) is 18.0 Å². The van der Waals surface area contributed by atoms with Gasteiger partial charge in [0.2, 0.25) is 0 Å². The lowest BCUT2D eigenvalue weighted by Crippen LogP contribution is -2.26. The highest BCUT2D eigenvalue weighted by Crippen LogP contribution is 2.31. The van der Waals surface area contributed by atoms with Gasteiger partial charge in [0, 0.05) is 24.8 Å². The van der Waals surface area contributed by atoms with E-state index >= 15 is 0 Å². The molecule has 3 aromatic heterocycles. The number of fused-ring (bicyclic) bond motifs is 1. The summed E-state index contributed by atoms with van der Waals surface area (Å²) in [5.41, 5.74) is 3.94. The highest BCUT2D eigenvalue weighted by atomic mass is 16.5. The van der Waals surface area contributed by atoms with Crippen molar-refractivity contribution in [3.05, 3.63) is 41.2 Å². The second kappa shape index (κ2) is 6.55. The molecule has 0 atom stereocenters. The van der Waals surface area contributed by atoms with Crippen molar-refractivity contribution in [3.8, 4) is 0 Å². The molecule has 3 heterocycles. The molecule has 1 fully saturated rings. The average Bonchev–Trinajstić information content (AvgIpc) is 3.36. The summed E-state index contributed by atoms with van der Waals surface area (Å²) >= 11 is 0. The van der Waals surface area contributed by atoms with Crippen LogP contribution >= 0.6 is 0 Å². The lowest BCUT2D eigenvalue weighted by molar-refractivity contribution is 0.0784. The molecule has 1 aliphatic carbocycles. The third-order valence-electron chi connectivity index (χ3n) is 5.30. The minimum atomic E-state index is -0.0881. The number of imidazole rings is 1. The third-order valence-corrected chi connectivity index (χ3v) is 5.30. The lowest BCUT2D eigenvalue weighted by atomic mass is 10.1. The first-order valence-electron chi connectivity index (χ1n) is 9.04. The Kier molecular flexibility index (Phi) is 4.22. The van der Waals surface area contributed by atoms with Crippen LogP contribution in [0.25, 0.3) is 11.2 Å². The SMILES string of the molecule is Cc1noc(C)c1CN(C)C(=O)c1cnc2c(c1)ncn2C1CCCC1. The first kappa shape index (κ1) is 16.8. The van der Waals surface area contributed by atoms with Gasteiger partial charge in [-0.3, -0.25) is 4.79 Å². The van der Waals surface area contributed by atoms with Gasteiger partial charge in [-0.05, 0) is 32.8 Å². The van der Waals surface area contributed by atoms with Gasteiger partial charge in [0.1, 0.15) is 11.3 Å². The van der Waals surface area contributed by atoms with Gasteiger partial charge in [0.15, 0.2) is 5.65 Å². The van der Waals surface area contributed by atoms with E-state index in [9.17, 15) is 4.79 Å². The van der Waals surface area contributed by atoms with Crippen molar-refractivity contribution in [3.63, 3.8) is 0 Å². The number of pyridine rings is 1. The van der Waals surface area contributed by atoms with Gasteiger partial charge in [-0.15, -0.1) is 0 Å². The first-order valence-corrected chi connectivity index (χ1v) is 9.04. The van der Waals surface area contributed by atoms with Gasteiger partial charge in [-0.25, -0.2) is 9.97 Å². The molecule has 7 heteroatoms. The summed E-state index contributed by atoms with van der Waals surface area (Å²) in [5, 5.41) is 3.94. The van der Waals surface area contributed by atoms with Crippen LogP contribution in [-0.4, -0.2) is 37.5 Å². The summed E-state index contributed by atoms with van der Waals surface area (Å²) in [6.45, 7) is 4.19. The molecule has 136 valence electrons. The second-order valence-electron chi connectivity index (χ2n) is 7.12. The smallest absolute Gasteiger partial charge is 0.255 e. The normalized spacial score (nSPS) is 15.0. The number of hydrogen-bond acceptors (Lipinski definition) is 5. The number of aryl methyl sites for hydroxylation is 2. The molecule has 0 saturated heterocycles. The van der Waals surface area contributed by atoms with Crippen molar-refractivity contribution in [1.29, 1.82) is 0 Å². The van der Waals surface area contributed by atoms with E-state index in [4.69, 9.17) is 4.52 Å². The third kappa shape index (κ3) is 2.87. The van der Waals surface area contributed by atoms with E-state index in [1.807, 2.05) is 26.2 Å². The molecule has 1 saturated carbocycles. The number of aromatic nitrogens is 4. The molecule has 0 aliphatic heterocycles. The molecule has 3 aromatic rings. The Balaban J connectivity index is 1.57. The average molecular weight is 353 g/mol. The maximum atomic E-state index is 12.8. The molecule has 4 rings (SSSR count). The van der Waals surface area contributed by atoms with E-state index in [2.05, 4.69) is 19.7 Å². The zero-order chi connectivity index (χ0) is 18.3. The van der Waals surface area contributed by atoms with Crippen molar-refractivity contribution in [1.82, 2.24) is 24.6 Å². The summed E-state index contributed by atoms with van der Waals surface area (Å²) in [6, 6.07) is 2.32. The van der Waals surface area contributed by atoms with Crippen LogP contribution in [0, 0.1) is 13.8 Å². The van der Waals surface area contributed by atoms with Gasteiger partial charge in [0.05, 0.1) is 24.1 Å². The quantitative estimate of drug-likeness (QED) is 0.718. The van der Waals surface area contributed by atoms with Crippen LogP contribution in [0.2, 0.25) is 0 Å². The molecule has 0 radical (unpaired) electrons. The summed E-state index contributed by atoms with van der Waals surface area (Å²) in [7, 11) is 1.77. The summed E-state index contributed by atoms with van der Waals surface area (Å²) in [4.78, 5) is 23.5. The molecule has 0 N–H and O–H groups in total. The van der Waals surface area contributed by atoms with E-state index in [1.54, 1.807) is 18.1 Å². The molecule has 0 unspecified atom stereocenters. The molecule has 26 heavy (non-hydrogen) atoms. The number of hydrogen-bond donors (Lipinski definition) is 0. The maximum absolute atomic E-state index is 12.8. The fourth-order valence-electron chi connectivity index (χ4n) is 3.74. The Morgan fingerprint density at radius 3 is 2.77 bits per heavy atom. The van der Waals surface area contributed by atoms with Gasteiger partial charge < -0.3 is 14.0 Å². The van der Waals surface area contributed by atoms with Crippen molar-refractivity contribution >= 4 is 17.1 Å². The van der Waals surface area contributed by atoms with Crippen LogP contribution < -0.4 is 0 Å². The maximum Gasteiger partial charge on any atom is 0.255 e. The van der Waals surface area contributed by atoms with Gasteiger partial charge in [-0.2, -0.15) is 0 Å². The van der Waals surface area contributed by atoms with Crippen molar-refractivity contribution in [2.75, 3.05) is 7.05 Å². The molecule has 0 spiro atoms. The van der Waals surface area contributed by atoms with E-state index in [0.29, 0.717) is 18.2 Å². The first-order chi connectivity index (χ1) is 12.5. The number of carbonyl (C=O) groups is 1. The highest BCUT2D eigenvalue weighted by Gasteiger charge is 2.21. The van der Waals surface area contributed by atoms with E-state index in [1.165, 1.54) is 25.7 Å². The zero-order valence-corrected chi connectivity index (χ0v) is 15.4. The lowest BCUT2D eigenvalue weighted by Gasteiger charge is -2.17. The summed E-state index contributed by atoms with van der Waals surface area (Å²) < 4.78 is 7.33. The van der Waals surface area contributed by atoms with Crippen LogP contribution in [0.1, 0.15) is 59.1 Å². The fraction of sp³-hybridized carbons (Fsp3) is 0.474. The zero-order valence-electron chi connectivity index (χ0n) is 15.4. The molecular formula is C19H23N5O2. The Morgan fingerprint density at radius 2 is 2.08 bits per heavy atom. The Hall–Kier alpha value is -2.70. The summed E-state index contributed by atoms with van der Waals surface area (Å²) in [6.07, 6.45) is 8.37. The van der Waals surface area contributed by atoms with Crippen molar-refractivity contribution in [2.45, 2.75) is 52.1 Å². The molecular weight excluding hydrogens is 330 g/mol. The topological polar surface area (TPSA) is 77.1 Å². The largest absolute Gasteiger partial charge is 0.361 e. The minimum absolute atomic E-state index is 0.0881. The molecule has 0 bridgehead atoms.